The Balaban J connectivity index is 2.37. The summed E-state index contributed by atoms with van der Waals surface area (Å²) in [5.74, 6) is 0.553. The summed E-state index contributed by atoms with van der Waals surface area (Å²) in [5, 5.41) is 10.8. The Kier molecular flexibility index (Phi) is 2.88. The normalized spacial score (nSPS) is 10.6. The van der Waals surface area contributed by atoms with Crippen LogP contribution in [0.3, 0.4) is 0 Å². The van der Waals surface area contributed by atoms with Crippen molar-refractivity contribution >= 4 is 21.7 Å². The van der Waals surface area contributed by atoms with Crippen molar-refractivity contribution in [1.29, 1.82) is 5.26 Å². The van der Waals surface area contributed by atoms with Crippen molar-refractivity contribution in [2.75, 3.05) is 6.61 Å². The largest absolute Gasteiger partial charge is 0.478 e. The number of aryl methyl sites for hydroxylation is 1. The first-order valence-corrected chi connectivity index (χ1v) is 6.17. The number of hydrogen-bond acceptors (Lipinski definition) is 4. The Morgan fingerprint density at radius 1 is 1.15 bits per heavy atom. The van der Waals surface area contributed by atoms with Crippen LogP contribution in [0.25, 0.3) is 21.7 Å². The number of fused-ring (bicyclic) bond motifs is 3. The molecule has 0 bridgehead atoms. The number of nitriles is 1. The van der Waals surface area contributed by atoms with Gasteiger partial charge in [0.05, 0.1) is 5.39 Å². The predicted octanol–water partition coefficient (Wildman–Crippen LogP) is 3.16. The molecule has 0 amide bonds. The van der Waals surface area contributed by atoms with Gasteiger partial charge in [0.25, 0.3) is 0 Å². The summed E-state index contributed by atoms with van der Waals surface area (Å²) in [5.41, 5.74) is 0.860. The Hall–Kier alpha value is -2.80. The van der Waals surface area contributed by atoms with Gasteiger partial charge in [0, 0.05) is 10.9 Å². The van der Waals surface area contributed by atoms with Crippen molar-refractivity contribution in [3.05, 3.63) is 52.4 Å². The molecule has 0 radical (unpaired) electrons. The second kappa shape index (κ2) is 4.71. The van der Waals surface area contributed by atoms with Crippen LogP contribution in [-0.2, 0) is 0 Å². The average Bonchev–Trinajstić information content (AvgIpc) is 2.48. The highest BCUT2D eigenvalue weighted by Crippen LogP contribution is 2.30. The second-order valence-corrected chi connectivity index (χ2v) is 4.45. The van der Waals surface area contributed by atoms with Crippen molar-refractivity contribution in [3.8, 4) is 11.8 Å². The van der Waals surface area contributed by atoms with E-state index in [1.54, 1.807) is 12.1 Å². The molecule has 1 aromatic heterocycles. The molecule has 0 unspecified atom stereocenters. The fourth-order valence-electron chi connectivity index (χ4n) is 2.33. The van der Waals surface area contributed by atoms with Crippen LogP contribution < -0.4 is 10.4 Å². The van der Waals surface area contributed by atoms with E-state index in [4.69, 9.17) is 14.4 Å². The highest BCUT2D eigenvalue weighted by Gasteiger charge is 2.12. The van der Waals surface area contributed by atoms with Gasteiger partial charge in [0.15, 0.2) is 6.61 Å². The Labute approximate surface area is 114 Å². The summed E-state index contributed by atoms with van der Waals surface area (Å²) in [4.78, 5) is 12.0. The molecular weight excluding hydrogens is 254 g/mol. The van der Waals surface area contributed by atoms with Crippen molar-refractivity contribution in [1.82, 2.24) is 0 Å². The fraction of sp³-hybridized carbons (Fsp3) is 0.125. The molecule has 0 aliphatic rings. The molecule has 0 N–H and O–H groups in total. The first kappa shape index (κ1) is 12.2. The zero-order chi connectivity index (χ0) is 14.1. The van der Waals surface area contributed by atoms with E-state index in [0.29, 0.717) is 16.7 Å². The molecule has 98 valence electrons. The third kappa shape index (κ3) is 1.81. The third-order valence-electron chi connectivity index (χ3n) is 3.28. The Morgan fingerprint density at radius 3 is 2.65 bits per heavy atom. The Morgan fingerprint density at radius 2 is 1.90 bits per heavy atom. The van der Waals surface area contributed by atoms with Crippen molar-refractivity contribution in [2.24, 2.45) is 0 Å². The summed E-state index contributed by atoms with van der Waals surface area (Å²) >= 11 is 0. The summed E-state index contributed by atoms with van der Waals surface area (Å²) in [6.07, 6.45) is 0. The van der Waals surface area contributed by atoms with E-state index < -0.39 is 0 Å². The van der Waals surface area contributed by atoms with E-state index in [-0.39, 0.29) is 12.2 Å². The third-order valence-corrected chi connectivity index (χ3v) is 3.28. The molecule has 3 aromatic rings. The van der Waals surface area contributed by atoms with E-state index in [1.165, 1.54) is 0 Å². The van der Waals surface area contributed by atoms with Gasteiger partial charge < -0.3 is 9.15 Å². The molecule has 4 nitrogen and oxygen atoms in total. The lowest BCUT2D eigenvalue weighted by Crippen LogP contribution is -2.02. The van der Waals surface area contributed by atoms with E-state index in [0.717, 1.165) is 16.3 Å². The molecular formula is C16H11NO3. The van der Waals surface area contributed by atoms with E-state index in [2.05, 4.69) is 0 Å². The minimum Gasteiger partial charge on any atom is -0.478 e. The van der Waals surface area contributed by atoms with Crippen molar-refractivity contribution in [2.45, 2.75) is 6.92 Å². The first-order valence-electron chi connectivity index (χ1n) is 6.17. The number of hydrogen-bond donors (Lipinski definition) is 0. The molecule has 0 fully saturated rings. The van der Waals surface area contributed by atoms with Gasteiger partial charge in [0.1, 0.15) is 17.4 Å². The molecule has 4 heteroatoms. The Bertz CT molecular complexity index is 903. The first-order chi connectivity index (χ1) is 9.72. The number of ether oxygens (including phenoxy) is 1. The SMILES string of the molecule is Cc1c(OCC#N)ccc2c1oc(=O)c1ccccc12. The van der Waals surface area contributed by atoms with Crippen LogP contribution in [-0.4, -0.2) is 6.61 Å². The molecule has 0 saturated heterocycles. The lowest BCUT2D eigenvalue weighted by molar-refractivity contribution is 0.365. The number of rotatable bonds is 2. The maximum absolute atomic E-state index is 12.0. The molecule has 0 aliphatic carbocycles. The predicted molar refractivity (Wildman–Crippen MR) is 75.8 cm³/mol. The van der Waals surface area contributed by atoms with Crippen LogP contribution in [0.1, 0.15) is 5.56 Å². The summed E-state index contributed by atoms with van der Waals surface area (Å²) in [6, 6.07) is 12.9. The van der Waals surface area contributed by atoms with Gasteiger partial charge in [-0.25, -0.2) is 4.79 Å². The average molecular weight is 265 g/mol. The van der Waals surface area contributed by atoms with Crippen LogP contribution in [0, 0.1) is 18.3 Å². The maximum atomic E-state index is 12.0. The number of nitrogens with zero attached hydrogens (tertiary/aromatic N) is 1. The summed E-state index contributed by atoms with van der Waals surface area (Å²) in [7, 11) is 0. The summed E-state index contributed by atoms with van der Waals surface area (Å²) < 4.78 is 10.7. The molecule has 0 spiro atoms. The molecule has 3 rings (SSSR count). The van der Waals surface area contributed by atoms with Gasteiger partial charge in [-0.3, -0.25) is 0 Å². The smallest absolute Gasteiger partial charge is 0.344 e. The van der Waals surface area contributed by atoms with Gasteiger partial charge in [-0.15, -0.1) is 0 Å². The highest BCUT2D eigenvalue weighted by atomic mass is 16.5. The van der Waals surface area contributed by atoms with Gasteiger partial charge in [-0.1, -0.05) is 18.2 Å². The van der Waals surface area contributed by atoms with Crippen LogP contribution in [0.2, 0.25) is 0 Å². The standard InChI is InChI=1S/C16H11NO3/c1-10-14(19-9-8-17)7-6-12-11-4-2-3-5-13(11)16(18)20-15(10)12/h2-7H,9H2,1H3. The van der Waals surface area contributed by atoms with Crippen LogP contribution >= 0.6 is 0 Å². The van der Waals surface area contributed by atoms with Gasteiger partial charge >= 0.3 is 5.63 Å². The zero-order valence-electron chi connectivity index (χ0n) is 10.8. The quantitative estimate of drug-likeness (QED) is 0.527. The van der Waals surface area contributed by atoms with E-state index >= 15 is 0 Å². The van der Waals surface area contributed by atoms with Crippen molar-refractivity contribution in [3.63, 3.8) is 0 Å². The fourth-order valence-corrected chi connectivity index (χ4v) is 2.33. The van der Waals surface area contributed by atoms with E-state index in [1.807, 2.05) is 37.3 Å². The van der Waals surface area contributed by atoms with Crippen LogP contribution in [0.15, 0.2) is 45.6 Å². The summed E-state index contributed by atoms with van der Waals surface area (Å²) in [6.45, 7) is 1.77. The van der Waals surface area contributed by atoms with Crippen LogP contribution in [0.4, 0.5) is 0 Å². The van der Waals surface area contributed by atoms with Gasteiger partial charge in [-0.05, 0) is 30.5 Å². The van der Waals surface area contributed by atoms with E-state index in [9.17, 15) is 4.79 Å². The maximum Gasteiger partial charge on any atom is 0.344 e. The van der Waals surface area contributed by atoms with Crippen LogP contribution in [0.5, 0.6) is 5.75 Å². The van der Waals surface area contributed by atoms with Gasteiger partial charge in [0.2, 0.25) is 0 Å². The minimum absolute atomic E-state index is 0.0375. The lowest BCUT2D eigenvalue weighted by Gasteiger charge is -2.09. The molecule has 2 aromatic carbocycles. The molecule has 0 atom stereocenters. The minimum atomic E-state index is -0.367. The topological polar surface area (TPSA) is 63.2 Å². The number of benzene rings is 2. The van der Waals surface area contributed by atoms with Gasteiger partial charge in [-0.2, -0.15) is 5.26 Å². The lowest BCUT2D eigenvalue weighted by atomic mass is 10.0. The second-order valence-electron chi connectivity index (χ2n) is 4.45. The molecule has 0 aliphatic heterocycles. The monoisotopic (exact) mass is 265 g/mol. The highest BCUT2D eigenvalue weighted by molar-refractivity contribution is 6.05. The molecule has 0 saturated carbocycles. The molecule has 20 heavy (non-hydrogen) atoms. The van der Waals surface area contributed by atoms with Crippen molar-refractivity contribution < 1.29 is 9.15 Å². The zero-order valence-corrected chi connectivity index (χ0v) is 10.8. The molecule has 1 heterocycles.